The summed E-state index contributed by atoms with van der Waals surface area (Å²) in [4.78, 5) is 26.7. The topological polar surface area (TPSA) is 98.2 Å². The van der Waals surface area contributed by atoms with E-state index in [-0.39, 0.29) is 5.91 Å². The molecule has 2 amide bonds. The van der Waals surface area contributed by atoms with E-state index >= 15 is 0 Å². The lowest BCUT2D eigenvalue weighted by Crippen LogP contribution is -2.11. The van der Waals surface area contributed by atoms with Crippen LogP contribution in [0.2, 0.25) is 0 Å². The molecule has 0 radical (unpaired) electrons. The van der Waals surface area contributed by atoms with Crippen LogP contribution in [0.1, 0.15) is 17.3 Å². The number of carbonyl (C=O) groups excluding carboxylic acids is 2. The zero-order valence-corrected chi connectivity index (χ0v) is 11.8. The van der Waals surface area contributed by atoms with Gasteiger partial charge in [0.05, 0.1) is 5.56 Å². The molecule has 0 aliphatic heterocycles. The number of primary amides is 1. The van der Waals surface area contributed by atoms with Crippen molar-refractivity contribution in [3.63, 3.8) is 0 Å². The number of amides is 2. The molecule has 6 nitrogen and oxygen atoms in total. The second-order valence-corrected chi connectivity index (χ2v) is 4.79. The van der Waals surface area contributed by atoms with Gasteiger partial charge in [-0.05, 0) is 36.4 Å². The summed E-state index contributed by atoms with van der Waals surface area (Å²) < 4.78 is 5.66. The van der Waals surface area contributed by atoms with Gasteiger partial charge in [-0.2, -0.15) is 0 Å². The Hall–Kier alpha value is -3.15. The summed E-state index contributed by atoms with van der Waals surface area (Å²) in [5.74, 6) is -0.301. The maximum Gasteiger partial charge on any atom is 0.251 e. The minimum atomic E-state index is -0.550. The monoisotopic (exact) mass is 295 g/mol. The number of carbonyl (C=O) groups is 2. The Morgan fingerprint density at radius 1 is 1.14 bits per heavy atom. The van der Waals surface area contributed by atoms with E-state index in [1.54, 1.807) is 42.5 Å². The van der Waals surface area contributed by atoms with E-state index in [1.165, 1.54) is 6.92 Å². The fourth-order valence-electron chi connectivity index (χ4n) is 2.17. The average molecular weight is 295 g/mol. The van der Waals surface area contributed by atoms with Crippen LogP contribution in [0, 0.1) is 0 Å². The van der Waals surface area contributed by atoms with Crippen molar-refractivity contribution in [2.24, 2.45) is 5.73 Å². The highest BCUT2D eigenvalue weighted by Gasteiger charge is 2.14. The Kier molecular flexibility index (Phi) is 3.34. The molecule has 22 heavy (non-hydrogen) atoms. The van der Waals surface area contributed by atoms with Crippen molar-refractivity contribution >= 4 is 28.6 Å². The van der Waals surface area contributed by atoms with Gasteiger partial charge in [0.25, 0.3) is 5.91 Å². The first-order chi connectivity index (χ1) is 10.5. The van der Waals surface area contributed by atoms with Crippen molar-refractivity contribution in [3.8, 4) is 11.5 Å². The second kappa shape index (κ2) is 5.33. The maximum atomic E-state index is 11.4. The van der Waals surface area contributed by atoms with E-state index in [1.807, 2.05) is 0 Å². The average Bonchev–Trinajstić information content (AvgIpc) is 2.90. The lowest BCUT2D eigenvalue weighted by Gasteiger charge is -2.01. The molecule has 3 rings (SSSR count). The van der Waals surface area contributed by atoms with E-state index in [9.17, 15) is 9.59 Å². The Balaban J connectivity index is 2.01. The Morgan fingerprint density at radius 2 is 1.86 bits per heavy atom. The molecule has 2 aromatic carbocycles. The number of oxazole rings is 1. The van der Waals surface area contributed by atoms with Crippen molar-refractivity contribution in [1.82, 2.24) is 4.98 Å². The molecule has 0 unspecified atom stereocenters. The zero-order chi connectivity index (χ0) is 15.7. The zero-order valence-electron chi connectivity index (χ0n) is 11.8. The number of nitrogens with one attached hydrogen (secondary N) is 1. The quantitative estimate of drug-likeness (QED) is 0.775. The molecule has 0 aliphatic rings. The molecular formula is C16H13N3O3. The van der Waals surface area contributed by atoms with Crippen molar-refractivity contribution in [3.05, 3.63) is 48.0 Å². The molecule has 0 atom stereocenters. The van der Waals surface area contributed by atoms with Crippen LogP contribution in [-0.4, -0.2) is 16.8 Å². The standard InChI is InChI=1S/C16H13N3O3/c1-9(20)18-11-7-5-10(6-8-11)16-19-14-12(15(17)21)3-2-4-13(14)22-16/h2-8H,1H3,(H2,17,21)(H,18,20). The second-order valence-electron chi connectivity index (χ2n) is 4.79. The molecule has 0 aliphatic carbocycles. The van der Waals surface area contributed by atoms with E-state index in [2.05, 4.69) is 10.3 Å². The molecule has 3 N–H and O–H groups in total. The summed E-state index contributed by atoms with van der Waals surface area (Å²) in [6.07, 6.45) is 0. The molecule has 0 spiro atoms. The molecule has 3 aromatic rings. The lowest BCUT2D eigenvalue weighted by atomic mass is 10.2. The molecule has 1 heterocycles. The number of anilines is 1. The first-order valence-corrected chi connectivity index (χ1v) is 6.62. The van der Waals surface area contributed by atoms with Crippen LogP contribution in [0.5, 0.6) is 0 Å². The van der Waals surface area contributed by atoms with E-state index < -0.39 is 5.91 Å². The minimum absolute atomic E-state index is 0.138. The fraction of sp³-hybridized carbons (Fsp3) is 0.0625. The van der Waals surface area contributed by atoms with Gasteiger partial charge in [0.15, 0.2) is 5.58 Å². The van der Waals surface area contributed by atoms with Gasteiger partial charge in [-0.25, -0.2) is 4.98 Å². The van der Waals surface area contributed by atoms with Gasteiger partial charge >= 0.3 is 0 Å². The summed E-state index contributed by atoms with van der Waals surface area (Å²) in [6, 6.07) is 12.1. The number of hydrogen-bond donors (Lipinski definition) is 2. The first-order valence-electron chi connectivity index (χ1n) is 6.62. The minimum Gasteiger partial charge on any atom is -0.436 e. The third-order valence-corrected chi connectivity index (χ3v) is 3.14. The van der Waals surface area contributed by atoms with Crippen LogP contribution >= 0.6 is 0 Å². The van der Waals surface area contributed by atoms with Gasteiger partial charge in [-0.3, -0.25) is 9.59 Å². The first kappa shape index (κ1) is 13.8. The molecular weight excluding hydrogens is 282 g/mol. The van der Waals surface area contributed by atoms with Gasteiger partial charge in [-0.15, -0.1) is 0 Å². The highest BCUT2D eigenvalue weighted by Crippen LogP contribution is 2.27. The molecule has 1 aromatic heterocycles. The Bertz CT molecular complexity index is 866. The summed E-state index contributed by atoms with van der Waals surface area (Å²) >= 11 is 0. The number of para-hydroxylation sites is 1. The lowest BCUT2D eigenvalue weighted by molar-refractivity contribution is -0.114. The fourth-order valence-corrected chi connectivity index (χ4v) is 2.17. The molecule has 0 saturated heterocycles. The Morgan fingerprint density at radius 3 is 2.50 bits per heavy atom. The van der Waals surface area contributed by atoms with E-state index in [4.69, 9.17) is 10.2 Å². The summed E-state index contributed by atoms with van der Waals surface area (Å²) in [5, 5.41) is 2.68. The molecule has 0 bridgehead atoms. The maximum absolute atomic E-state index is 11.4. The van der Waals surface area contributed by atoms with Gasteiger partial charge in [0, 0.05) is 18.2 Å². The number of fused-ring (bicyclic) bond motifs is 1. The third kappa shape index (κ3) is 2.54. The smallest absolute Gasteiger partial charge is 0.251 e. The predicted molar refractivity (Wildman–Crippen MR) is 82.3 cm³/mol. The molecule has 110 valence electrons. The van der Waals surface area contributed by atoms with Crippen LogP contribution in [0.4, 0.5) is 5.69 Å². The highest BCUT2D eigenvalue weighted by molar-refractivity contribution is 6.04. The number of hydrogen-bond acceptors (Lipinski definition) is 4. The van der Waals surface area contributed by atoms with Gasteiger partial charge in [0.2, 0.25) is 11.8 Å². The summed E-state index contributed by atoms with van der Waals surface area (Å²) in [7, 11) is 0. The summed E-state index contributed by atoms with van der Waals surface area (Å²) in [5.41, 5.74) is 8.02. The summed E-state index contributed by atoms with van der Waals surface area (Å²) in [6.45, 7) is 1.44. The van der Waals surface area contributed by atoms with Crippen molar-refractivity contribution in [2.45, 2.75) is 6.92 Å². The normalized spacial score (nSPS) is 10.6. The van der Waals surface area contributed by atoms with Crippen LogP contribution in [0.15, 0.2) is 46.9 Å². The SMILES string of the molecule is CC(=O)Nc1ccc(-c2nc3c(C(N)=O)cccc3o2)cc1. The molecule has 0 saturated carbocycles. The number of rotatable bonds is 3. The largest absolute Gasteiger partial charge is 0.436 e. The van der Waals surface area contributed by atoms with E-state index in [0.29, 0.717) is 28.2 Å². The van der Waals surface area contributed by atoms with Crippen LogP contribution in [0.25, 0.3) is 22.6 Å². The third-order valence-electron chi connectivity index (χ3n) is 3.14. The van der Waals surface area contributed by atoms with Crippen molar-refractivity contribution in [1.29, 1.82) is 0 Å². The number of benzene rings is 2. The van der Waals surface area contributed by atoms with Crippen molar-refractivity contribution in [2.75, 3.05) is 5.32 Å². The number of nitrogens with two attached hydrogens (primary N) is 1. The van der Waals surface area contributed by atoms with Crippen molar-refractivity contribution < 1.29 is 14.0 Å². The Labute approximate surface area is 125 Å². The van der Waals surface area contributed by atoms with Crippen LogP contribution in [-0.2, 0) is 4.79 Å². The van der Waals surface area contributed by atoms with Crippen LogP contribution < -0.4 is 11.1 Å². The predicted octanol–water partition coefficient (Wildman–Crippen LogP) is 2.55. The number of aromatic nitrogens is 1. The molecule has 6 heteroatoms. The number of nitrogens with zero attached hydrogens (tertiary/aromatic N) is 1. The van der Waals surface area contributed by atoms with E-state index in [0.717, 1.165) is 5.56 Å². The van der Waals surface area contributed by atoms with Gasteiger partial charge in [0.1, 0.15) is 5.52 Å². The van der Waals surface area contributed by atoms with Gasteiger partial charge < -0.3 is 15.5 Å². The van der Waals surface area contributed by atoms with Crippen LogP contribution in [0.3, 0.4) is 0 Å². The molecule has 0 fully saturated rings. The van der Waals surface area contributed by atoms with Gasteiger partial charge in [-0.1, -0.05) is 6.07 Å². The highest BCUT2D eigenvalue weighted by atomic mass is 16.3.